The highest BCUT2D eigenvalue weighted by molar-refractivity contribution is 7.98. The Bertz CT molecular complexity index is 511. The first-order chi connectivity index (χ1) is 8.20. The zero-order chi connectivity index (χ0) is 12.3. The third-order valence-electron chi connectivity index (χ3n) is 2.43. The number of thioether (sulfide) groups is 1. The fraction of sp³-hybridized carbons (Fsp3) is 0.250. The Hall–Kier alpha value is -1.62. The summed E-state index contributed by atoms with van der Waals surface area (Å²) in [6.45, 7) is 1.90. The van der Waals surface area contributed by atoms with Crippen LogP contribution in [-0.4, -0.2) is 12.1 Å². The van der Waals surface area contributed by atoms with Crippen molar-refractivity contribution in [1.29, 1.82) is 0 Å². The molecule has 0 spiro atoms. The van der Waals surface area contributed by atoms with Crippen LogP contribution >= 0.6 is 11.8 Å². The van der Waals surface area contributed by atoms with Crippen molar-refractivity contribution in [3.63, 3.8) is 0 Å². The predicted octanol–water partition coefficient (Wildman–Crippen LogP) is 2.87. The van der Waals surface area contributed by atoms with Crippen LogP contribution in [0.25, 0.3) is 0 Å². The first-order valence-electron chi connectivity index (χ1n) is 5.16. The van der Waals surface area contributed by atoms with Crippen LogP contribution in [-0.2, 0) is 5.75 Å². The van der Waals surface area contributed by atoms with E-state index in [9.17, 15) is 0 Å². The van der Waals surface area contributed by atoms with Gasteiger partial charge in [-0.15, -0.1) is 11.8 Å². The number of hydrogen-bond donors (Lipinski definition) is 1. The van der Waals surface area contributed by atoms with Crippen molar-refractivity contribution in [3.05, 3.63) is 36.0 Å². The molecule has 1 aromatic heterocycles. The van der Waals surface area contributed by atoms with E-state index < -0.39 is 0 Å². The van der Waals surface area contributed by atoms with Crippen molar-refractivity contribution in [3.8, 4) is 5.75 Å². The number of nitrogens with zero attached hydrogens (tertiary/aromatic N) is 1. The van der Waals surface area contributed by atoms with Crippen LogP contribution < -0.4 is 10.5 Å². The second-order valence-corrected chi connectivity index (χ2v) is 4.56. The summed E-state index contributed by atoms with van der Waals surface area (Å²) in [5, 5.41) is 0. The fourth-order valence-electron chi connectivity index (χ4n) is 1.38. The number of methoxy groups -OCH3 is 1. The summed E-state index contributed by atoms with van der Waals surface area (Å²) in [5.41, 5.74) is 7.59. The van der Waals surface area contributed by atoms with Gasteiger partial charge >= 0.3 is 0 Å². The molecule has 0 saturated carbocycles. The highest BCUT2D eigenvalue weighted by atomic mass is 32.2. The van der Waals surface area contributed by atoms with Gasteiger partial charge in [-0.1, -0.05) is 0 Å². The van der Waals surface area contributed by atoms with Crippen molar-refractivity contribution in [2.45, 2.75) is 17.6 Å². The smallest absolute Gasteiger partial charge is 0.181 e. The maximum atomic E-state index is 5.90. The molecule has 5 heteroatoms. The van der Waals surface area contributed by atoms with Gasteiger partial charge in [0.05, 0.1) is 12.8 Å². The maximum absolute atomic E-state index is 5.90. The normalized spacial score (nSPS) is 10.5. The summed E-state index contributed by atoms with van der Waals surface area (Å²) in [6.07, 6.45) is 1.46. The van der Waals surface area contributed by atoms with Crippen LogP contribution in [0, 0.1) is 6.92 Å². The van der Waals surface area contributed by atoms with Gasteiger partial charge in [-0.05, 0) is 25.1 Å². The van der Waals surface area contributed by atoms with E-state index in [4.69, 9.17) is 14.9 Å². The molecule has 17 heavy (non-hydrogen) atoms. The molecule has 0 fully saturated rings. The highest BCUT2D eigenvalue weighted by Crippen LogP contribution is 2.31. The Labute approximate surface area is 104 Å². The van der Waals surface area contributed by atoms with E-state index in [0.29, 0.717) is 0 Å². The quantitative estimate of drug-likeness (QED) is 0.667. The summed E-state index contributed by atoms with van der Waals surface area (Å²) in [6, 6.07) is 5.62. The molecule has 1 aromatic carbocycles. The van der Waals surface area contributed by atoms with E-state index in [1.165, 1.54) is 6.39 Å². The summed E-state index contributed by atoms with van der Waals surface area (Å²) < 4.78 is 10.3. The number of nitrogen functional groups attached to an aromatic ring is 1. The van der Waals surface area contributed by atoms with E-state index in [1.54, 1.807) is 18.9 Å². The number of nitrogens with two attached hydrogens (primary N) is 1. The first kappa shape index (κ1) is 11.9. The van der Waals surface area contributed by atoms with Gasteiger partial charge in [-0.3, -0.25) is 0 Å². The Kier molecular flexibility index (Phi) is 3.58. The van der Waals surface area contributed by atoms with Gasteiger partial charge in [-0.25, -0.2) is 4.98 Å². The topological polar surface area (TPSA) is 61.3 Å². The third kappa shape index (κ3) is 2.74. The van der Waals surface area contributed by atoms with Gasteiger partial charge in [0, 0.05) is 16.3 Å². The number of ether oxygens (including phenoxy) is 1. The Morgan fingerprint density at radius 3 is 2.94 bits per heavy atom. The average molecular weight is 250 g/mol. The maximum Gasteiger partial charge on any atom is 0.181 e. The summed E-state index contributed by atoms with van der Waals surface area (Å²) in [5.74, 6) is 2.39. The van der Waals surface area contributed by atoms with E-state index in [1.807, 2.05) is 25.1 Å². The van der Waals surface area contributed by atoms with Crippen LogP contribution in [0.2, 0.25) is 0 Å². The van der Waals surface area contributed by atoms with Crippen LogP contribution in [0.5, 0.6) is 5.75 Å². The minimum absolute atomic E-state index is 0.736. The van der Waals surface area contributed by atoms with E-state index in [0.717, 1.165) is 33.5 Å². The second kappa shape index (κ2) is 5.14. The average Bonchev–Trinajstić information content (AvgIpc) is 2.74. The Morgan fingerprint density at radius 1 is 1.47 bits per heavy atom. The monoisotopic (exact) mass is 250 g/mol. The fourth-order valence-corrected chi connectivity index (χ4v) is 2.38. The number of benzene rings is 1. The molecule has 0 saturated heterocycles. The molecule has 4 nitrogen and oxygen atoms in total. The van der Waals surface area contributed by atoms with Crippen LogP contribution in [0.1, 0.15) is 11.5 Å². The molecular formula is C12H14N2O2S. The molecule has 0 aliphatic rings. The minimum Gasteiger partial charge on any atom is -0.497 e. The van der Waals surface area contributed by atoms with Gasteiger partial charge in [-0.2, -0.15) is 0 Å². The van der Waals surface area contributed by atoms with Crippen molar-refractivity contribution < 1.29 is 9.15 Å². The molecular weight excluding hydrogens is 236 g/mol. The number of aromatic nitrogens is 1. The molecule has 2 aromatic rings. The van der Waals surface area contributed by atoms with Gasteiger partial charge in [0.1, 0.15) is 11.5 Å². The molecule has 0 atom stereocenters. The lowest BCUT2D eigenvalue weighted by Crippen LogP contribution is -1.91. The molecule has 0 aliphatic heterocycles. The summed E-state index contributed by atoms with van der Waals surface area (Å²) in [4.78, 5) is 5.14. The number of hydrogen-bond acceptors (Lipinski definition) is 5. The van der Waals surface area contributed by atoms with E-state index in [-0.39, 0.29) is 0 Å². The lowest BCUT2D eigenvalue weighted by atomic mass is 10.3. The number of anilines is 1. The molecule has 2 N–H and O–H groups in total. The SMILES string of the molecule is COc1ccc(N)c(SCc2ncoc2C)c1. The molecule has 1 heterocycles. The van der Waals surface area contributed by atoms with E-state index >= 15 is 0 Å². The highest BCUT2D eigenvalue weighted by Gasteiger charge is 2.07. The second-order valence-electron chi connectivity index (χ2n) is 3.55. The van der Waals surface area contributed by atoms with Gasteiger partial charge in [0.15, 0.2) is 6.39 Å². The van der Waals surface area contributed by atoms with Crippen LogP contribution in [0.4, 0.5) is 5.69 Å². The van der Waals surface area contributed by atoms with Crippen molar-refractivity contribution in [2.24, 2.45) is 0 Å². The number of rotatable bonds is 4. The van der Waals surface area contributed by atoms with Crippen molar-refractivity contribution >= 4 is 17.4 Å². The van der Waals surface area contributed by atoms with Gasteiger partial charge < -0.3 is 14.9 Å². The third-order valence-corrected chi connectivity index (χ3v) is 3.51. The summed E-state index contributed by atoms with van der Waals surface area (Å²) in [7, 11) is 1.64. The van der Waals surface area contributed by atoms with Crippen molar-refractivity contribution in [1.82, 2.24) is 4.98 Å². The molecule has 0 radical (unpaired) electrons. The zero-order valence-corrected chi connectivity index (χ0v) is 10.6. The molecule has 0 unspecified atom stereocenters. The predicted molar refractivity (Wildman–Crippen MR) is 68.2 cm³/mol. The minimum atomic E-state index is 0.736. The Balaban J connectivity index is 2.11. The standard InChI is InChI=1S/C12H14N2O2S/c1-8-11(14-7-16-8)6-17-12-5-9(15-2)3-4-10(12)13/h3-5,7H,6,13H2,1-2H3. The van der Waals surface area contributed by atoms with Crippen LogP contribution in [0.3, 0.4) is 0 Å². The van der Waals surface area contributed by atoms with Crippen molar-refractivity contribution in [2.75, 3.05) is 12.8 Å². The molecule has 0 bridgehead atoms. The van der Waals surface area contributed by atoms with E-state index in [2.05, 4.69) is 4.98 Å². The Morgan fingerprint density at radius 2 is 2.29 bits per heavy atom. The summed E-state index contributed by atoms with van der Waals surface area (Å²) >= 11 is 1.62. The molecule has 0 amide bonds. The molecule has 90 valence electrons. The molecule has 0 aliphatic carbocycles. The van der Waals surface area contributed by atoms with Crippen LogP contribution in [0.15, 0.2) is 33.9 Å². The zero-order valence-electron chi connectivity index (χ0n) is 9.77. The van der Waals surface area contributed by atoms with Gasteiger partial charge in [0.2, 0.25) is 0 Å². The lowest BCUT2D eigenvalue weighted by Gasteiger charge is -2.07. The van der Waals surface area contributed by atoms with Gasteiger partial charge in [0.25, 0.3) is 0 Å². The number of oxazole rings is 1. The number of aryl methyl sites for hydroxylation is 1. The largest absolute Gasteiger partial charge is 0.497 e. The molecule has 2 rings (SSSR count). The first-order valence-corrected chi connectivity index (χ1v) is 6.14. The lowest BCUT2D eigenvalue weighted by molar-refractivity contribution is 0.414.